The topological polar surface area (TPSA) is 49.6 Å². The van der Waals surface area contributed by atoms with E-state index in [4.69, 9.17) is 5.73 Å². The minimum Gasteiger partial charge on any atom is -0.330 e. The normalized spacial score (nSPS) is 22.7. The Morgan fingerprint density at radius 2 is 2.13 bits per heavy atom. The number of hydrogen-bond acceptors (Lipinski definition) is 2. The molecular weight excluding hydrogens is 190 g/mol. The van der Waals surface area contributed by atoms with Crippen LogP contribution in [-0.4, -0.2) is 49.1 Å². The second-order valence-corrected chi connectivity index (χ2v) is 4.89. The zero-order chi connectivity index (χ0) is 11.4. The van der Waals surface area contributed by atoms with E-state index in [-0.39, 0.29) is 6.03 Å². The summed E-state index contributed by atoms with van der Waals surface area (Å²) in [4.78, 5) is 15.5. The summed E-state index contributed by atoms with van der Waals surface area (Å²) in [5, 5.41) is 0. The third kappa shape index (κ3) is 3.38. The summed E-state index contributed by atoms with van der Waals surface area (Å²) in [7, 11) is 1.85. The molecule has 1 heterocycles. The van der Waals surface area contributed by atoms with Gasteiger partial charge in [0, 0.05) is 32.6 Å². The highest BCUT2D eigenvalue weighted by Crippen LogP contribution is 2.14. The Morgan fingerprint density at radius 1 is 1.47 bits per heavy atom. The van der Waals surface area contributed by atoms with Gasteiger partial charge in [-0.2, -0.15) is 0 Å². The third-order valence-electron chi connectivity index (χ3n) is 2.92. The molecule has 2 N–H and O–H groups in total. The molecule has 0 aromatic carbocycles. The van der Waals surface area contributed by atoms with Crippen LogP contribution >= 0.6 is 0 Å². The number of nitrogens with zero attached hydrogens (tertiary/aromatic N) is 2. The molecule has 1 fully saturated rings. The molecule has 1 atom stereocenters. The molecule has 1 aliphatic rings. The molecule has 4 heteroatoms. The predicted molar refractivity (Wildman–Crippen MR) is 61.6 cm³/mol. The van der Waals surface area contributed by atoms with Crippen molar-refractivity contribution in [3.63, 3.8) is 0 Å². The first-order valence-corrected chi connectivity index (χ1v) is 5.74. The largest absolute Gasteiger partial charge is 0.330 e. The first-order chi connectivity index (χ1) is 7.04. The fourth-order valence-corrected chi connectivity index (χ4v) is 1.90. The van der Waals surface area contributed by atoms with Gasteiger partial charge in [-0.05, 0) is 18.9 Å². The average Bonchev–Trinajstić information content (AvgIpc) is 2.19. The quantitative estimate of drug-likeness (QED) is 0.756. The molecule has 1 rings (SSSR count). The van der Waals surface area contributed by atoms with Crippen LogP contribution in [0, 0.1) is 11.8 Å². The van der Waals surface area contributed by atoms with Crippen molar-refractivity contribution < 1.29 is 4.79 Å². The summed E-state index contributed by atoms with van der Waals surface area (Å²) in [6, 6.07) is 0.153. The van der Waals surface area contributed by atoms with E-state index in [0.29, 0.717) is 18.4 Å². The number of amides is 2. The molecule has 0 aliphatic carbocycles. The van der Waals surface area contributed by atoms with Crippen LogP contribution in [0.15, 0.2) is 0 Å². The minimum absolute atomic E-state index is 0.153. The molecule has 0 radical (unpaired) electrons. The second kappa shape index (κ2) is 5.35. The van der Waals surface area contributed by atoms with Crippen LogP contribution in [0.4, 0.5) is 4.79 Å². The number of urea groups is 1. The third-order valence-corrected chi connectivity index (χ3v) is 2.92. The van der Waals surface area contributed by atoms with Crippen molar-refractivity contribution in [3.8, 4) is 0 Å². The van der Waals surface area contributed by atoms with Gasteiger partial charge >= 0.3 is 6.03 Å². The molecule has 2 amide bonds. The van der Waals surface area contributed by atoms with E-state index in [2.05, 4.69) is 13.8 Å². The Bertz CT molecular complexity index is 218. The lowest BCUT2D eigenvalue weighted by molar-refractivity contribution is 0.115. The maximum Gasteiger partial charge on any atom is 0.319 e. The van der Waals surface area contributed by atoms with Gasteiger partial charge < -0.3 is 15.5 Å². The number of nitrogens with two attached hydrogens (primary N) is 1. The first-order valence-electron chi connectivity index (χ1n) is 5.74. The monoisotopic (exact) mass is 213 g/mol. The lowest BCUT2D eigenvalue weighted by atomic mass is 10.1. The smallest absolute Gasteiger partial charge is 0.319 e. The summed E-state index contributed by atoms with van der Waals surface area (Å²) in [6.07, 6.45) is 1.07. The number of carbonyl (C=O) groups excluding carboxylic acids is 1. The summed E-state index contributed by atoms with van der Waals surface area (Å²) in [5.41, 5.74) is 5.66. The van der Waals surface area contributed by atoms with Crippen molar-refractivity contribution >= 4 is 6.03 Å². The highest BCUT2D eigenvalue weighted by Gasteiger charge is 2.28. The van der Waals surface area contributed by atoms with Crippen LogP contribution in [0.5, 0.6) is 0 Å². The molecule has 0 saturated carbocycles. The molecule has 88 valence electrons. The molecule has 1 aliphatic heterocycles. The Balaban J connectivity index is 2.49. The van der Waals surface area contributed by atoms with Crippen molar-refractivity contribution in [2.75, 3.05) is 33.2 Å². The maximum atomic E-state index is 11.8. The Labute approximate surface area is 92.4 Å². The highest BCUT2D eigenvalue weighted by atomic mass is 16.2. The van der Waals surface area contributed by atoms with Crippen LogP contribution in [0.3, 0.4) is 0 Å². The molecular formula is C11H23N3O. The van der Waals surface area contributed by atoms with E-state index in [1.807, 2.05) is 11.9 Å². The van der Waals surface area contributed by atoms with Gasteiger partial charge in [0.1, 0.15) is 0 Å². The maximum absolute atomic E-state index is 11.8. The zero-order valence-electron chi connectivity index (χ0n) is 10.1. The van der Waals surface area contributed by atoms with Gasteiger partial charge in [0.2, 0.25) is 0 Å². The summed E-state index contributed by atoms with van der Waals surface area (Å²) in [6.45, 7) is 7.50. The van der Waals surface area contributed by atoms with Crippen LogP contribution in [0.2, 0.25) is 0 Å². The summed E-state index contributed by atoms with van der Waals surface area (Å²) < 4.78 is 0. The van der Waals surface area contributed by atoms with Crippen molar-refractivity contribution in [2.24, 2.45) is 17.6 Å². The van der Waals surface area contributed by atoms with Gasteiger partial charge in [0.05, 0.1) is 0 Å². The molecule has 0 aromatic heterocycles. The predicted octanol–water partition coefficient (Wildman–Crippen LogP) is 0.975. The van der Waals surface area contributed by atoms with E-state index in [0.717, 1.165) is 26.1 Å². The van der Waals surface area contributed by atoms with Crippen molar-refractivity contribution in [1.29, 1.82) is 0 Å². The van der Waals surface area contributed by atoms with Crippen LogP contribution in [-0.2, 0) is 0 Å². The van der Waals surface area contributed by atoms with Gasteiger partial charge in [-0.3, -0.25) is 0 Å². The van der Waals surface area contributed by atoms with E-state index in [1.54, 1.807) is 4.90 Å². The molecule has 1 unspecified atom stereocenters. The molecule has 0 bridgehead atoms. The Morgan fingerprint density at radius 3 is 2.67 bits per heavy atom. The van der Waals surface area contributed by atoms with Crippen molar-refractivity contribution in [2.45, 2.75) is 20.3 Å². The molecule has 4 nitrogen and oxygen atoms in total. The van der Waals surface area contributed by atoms with Crippen molar-refractivity contribution in [1.82, 2.24) is 9.80 Å². The van der Waals surface area contributed by atoms with E-state index in [9.17, 15) is 4.79 Å². The van der Waals surface area contributed by atoms with E-state index < -0.39 is 0 Å². The van der Waals surface area contributed by atoms with Crippen LogP contribution < -0.4 is 5.73 Å². The molecule has 15 heavy (non-hydrogen) atoms. The Hall–Kier alpha value is -0.770. The molecule has 0 spiro atoms. The zero-order valence-corrected chi connectivity index (χ0v) is 10.1. The standard InChI is InChI=1S/C11H23N3O/c1-9(2)4-5-14-8-10(6-12)7-13(3)11(14)15/h9-10H,4-8,12H2,1-3H3. The summed E-state index contributed by atoms with van der Waals surface area (Å²) >= 11 is 0. The highest BCUT2D eigenvalue weighted by molar-refractivity contribution is 5.74. The molecule has 1 saturated heterocycles. The average molecular weight is 213 g/mol. The first kappa shape index (κ1) is 12.3. The fraction of sp³-hybridized carbons (Fsp3) is 0.909. The minimum atomic E-state index is 0.153. The van der Waals surface area contributed by atoms with Gasteiger partial charge in [-0.15, -0.1) is 0 Å². The van der Waals surface area contributed by atoms with Crippen molar-refractivity contribution in [3.05, 3.63) is 0 Å². The Kier molecular flexibility index (Phi) is 4.39. The summed E-state index contributed by atoms with van der Waals surface area (Å²) in [5.74, 6) is 1.07. The lowest BCUT2D eigenvalue weighted by Crippen LogP contribution is -2.53. The SMILES string of the molecule is CC(C)CCN1CC(CN)CN(C)C1=O. The number of carbonyl (C=O) groups is 1. The molecule has 0 aromatic rings. The van der Waals surface area contributed by atoms with E-state index in [1.165, 1.54) is 0 Å². The lowest BCUT2D eigenvalue weighted by Gasteiger charge is -2.38. The van der Waals surface area contributed by atoms with Gasteiger partial charge in [-0.1, -0.05) is 13.8 Å². The van der Waals surface area contributed by atoms with Gasteiger partial charge in [-0.25, -0.2) is 4.79 Å². The van der Waals surface area contributed by atoms with Crippen LogP contribution in [0.25, 0.3) is 0 Å². The van der Waals surface area contributed by atoms with Gasteiger partial charge in [0.15, 0.2) is 0 Å². The number of hydrogen-bond donors (Lipinski definition) is 1. The van der Waals surface area contributed by atoms with Crippen LogP contribution in [0.1, 0.15) is 20.3 Å². The number of rotatable bonds is 4. The fourth-order valence-electron chi connectivity index (χ4n) is 1.90. The van der Waals surface area contributed by atoms with E-state index >= 15 is 0 Å². The van der Waals surface area contributed by atoms with Gasteiger partial charge in [0.25, 0.3) is 0 Å². The second-order valence-electron chi connectivity index (χ2n) is 4.89.